The zero-order valence-corrected chi connectivity index (χ0v) is 15.3. The number of nitrogens with two attached hydrogens (primary N) is 1. The number of piperidine rings is 1. The number of thioether (sulfide) groups is 1. The maximum absolute atomic E-state index is 12.5. The zero-order valence-electron chi connectivity index (χ0n) is 14.5. The smallest absolute Gasteiger partial charge is 0.234 e. The van der Waals surface area contributed by atoms with Crippen LogP contribution in [0.2, 0.25) is 0 Å². The number of aliphatic hydroxyl groups is 1. The maximum Gasteiger partial charge on any atom is 0.234 e. The van der Waals surface area contributed by atoms with Gasteiger partial charge in [-0.15, -0.1) is 11.8 Å². The highest BCUT2D eigenvalue weighted by Crippen LogP contribution is 2.51. The van der Waals surface area contributed by atoms with E-state index < -0.39 is 0 Å². The number of rotatable bonds is 3. The van der Waals surface area contributed by atoms with Crippen LogP contribution in [0, 0.1) is 17.8 Å². The summed E-state index contributed by atoms with van der Waals surface area (Å²) in [4.78, 5) is 12.5. The van der Waals surface area contributed by atoms with E-state index in [1.54, 1.807) is 11.8 Å². The molecule has 5 heteroatoms. The van der Waals surface area contributed by atoms with Gasteiger partial charge in [-0.1, -0.05) is 37.3 Å². The van der Waals surface area contributed by atoms with Crippen molar-refractivity contribution < 1.29 is 9.90 Å². The average molecular weight is 359 g/mol. The molecule has 4 nitrogen and oxygen atoms in total. The number of carbonyl (C=O) groups excluding carboxylic acids is 1. The zero-order chi connectivity index (χ0) is 17.6. The van der Waals surface area contributed by atoms with Crippen molar-refractivity contribution in [2.75, 3.05) is 6.54 Å². The quantitative estimate of drug-likeness (QED) is 0.773. The number of hydrogen-bond acceptors (Lipinski definition) is 4. The van der Waals surface area contributed by atoms with Crippen LogP contribution < -0.4 is 11.1 Å². The molecule has 4 N–H and O–H groups in total. The summed E-state index contributed by atoms with van der Waals surface area (Å²) in [6.07, 6.45) is 3.42. The highest BCUT2D eigenvalue weighted by molar-refractivity contribution is 8.03. The SMILES string of the molecule is CC1CC(O)C(c2ccc(CCN)cc2)C2C3C=CSC3C(=O)NC12. The third kappa shape index (κ3) is 2.92. The van der Waals surface area contributed by atoms with Crippen molar-refractivity contribution in [1.82, 2.24) is 5.32 Å². The first-order valence-electron chi connectivity index (χ1n) is 9.19. The van der Waals surface area contributed by atoms with Gasteiger partial charge in [0.2, 0.25) is 5.91 Å². The first kappa shape index (κ1) is 17.1. The molecule has 3 aliphatic rings. The summed E-state index contributed by atoms with van der Waals surface area (Å²) in [7, 11) is 0. The Balaban J connectivity index is 1.69. The van der Waals surface area contributed by atoms with E-state index in [1.165, 1.54) is 11.1 Å². The van der Waals surface area contributed by atoms with E-state index in [4.69, 9.17) is 5.73 Å². The van der Waals surface area contributed by atoms with Crippen LogP contribution in [0.3, 0.4) is 0 Å². The molecule has 1 aliphatic carbocycles. The van der Waals surface area contributed by atoms with Crippen molar-refractivity contribution in [3.05, 3.63) is 46.9 Å². The van der Waals surface area contributed by atoms with E-state index in [2.05, 4.69) is 48.0 Å². The topological polar surface area (TPSA) is 75.3 Å². The second-order valence-electron chi connectivity index (χ2n) is 7.66. The fraction of sp³-hybridized carbons (Fsp3) is 0.550. The van der Waals surface area contributed by atoms with Gasteiger partial charge in [0, 0.05) is 17.9 Å². The Bertz CT molecular complexity index is 675. The summed E-state index contributed by atoms with van der Waals surface area (Å²) in [6, 6.07) is 8.67. The molecule has 0 radical (unpaired) electrons. The van der Waals surface area contributed by atoms with Crippen molar-refractivity contribution >= 4 is 17.7 Å². The molecule has 134 valence electrons. The Kier molecular flexibility index (Phi) is 4.65. The second kappa shape index (κ2) is 6.78. The largest absolute Gasteiger partial charge is 0.392 e. The molecule has 7 unspecified atom stereocenters. The Labute approximate surface area is 153 Å². The van der Waals surface area contributed by atoms with Gasteiger partial charge in [-0.05, 0) is 47.8 Å². The molecule has 2 fully saturated rings. The Hall–Kier alpha value is -1.30. The fourth-order valence-electron chi connectivity index (χ4n) is 4.99. The molecule has 2 aliphatic heterocycles. The molecule has 0 spiro atoms. The van der Waals surface area contributed by atoms with Gasteiger partial charge < -0.3 is 16.2 Å². The van der Waals surface area contributed by atoms with Crippen LogP contribution >= 0.6 is 11.8 Å². The third-order valence-corrected chi connectivity index (χ3v) is 7.29. The van der Waals surface area contributed by atoms with Crippen LogP contribution in [0.15, 0.2) is 35.7 Å². The number of fused-ring (bicyclic) bond motifs is 3. The van der Waals surface area contributed by atoms with Crippen molar-refractivity contribution in [2.45, 2.75) is 43.1 Å². The normalized spacial score (nSPS) is 39.6. The standard InChI is InChI=1S/C20H26N2O2S/c1-11-10-15(23)16(13-4-2-12(3-5-13)6-8-21)17-14-7-9-25-19(14)20(24)22-18(11)17/h2-5,7,9,11,14-19,23H,6,8,10,21H2,1H3,(H,22,24). The van der Waals surface area contributed by atoms with Crippen LogP contribution in [0.5, 0.6) is 0 Å². The molecule has 0 aromatic heterocycles. The van der Waals surface area contributed by atoms with E-state index in [0.29, 0.717) is 6.54 Å². The summed E-state index contributed by atoms with van der Waals surface area (Å²) >= 11 is 1.61. The van der Waals surface area contributed by atoms with Crippen molar-refractivity contribution in [2.24, 2.45) is 23.5 Å². The molecule has 1 amide bonds. The van der Waals surface area contributed by atoms with E-state index in [1.807, 2.05) is 0 Å². The number of aliphatic hydroxyl groups excluding tert-OH is 1. The highest BCUT2D eigenvalue weighted by atomic mass is 32.2. The van der Waals surface area contributed by atoms with Gasteiger partial charge in [-0.3, -0.25) is 4.79 Å². The molecular formula is C20H26N2O2S. The monoisotopic (exact) mass is 358 g/mol. The predicted octanol–water partition coefficient (Wildman–Crippen LogP) is 2.03. The lowest BCUT2D eigenvalue weighted by molar-refractivity contribution is -0.128. The first-order valence-corrected chi connectivity index (χ1v) is 10.1. The van der Waals surface area contributed by atoms with Crippen LogP contribution in [-0.2, 0) is 11.2 Å². The van der Waals surface area contributed by atoms with Gasteiger partial charge in [-0.25, -0.2) is 0 Å². The molecule has 4 rings (SSSR count). The highest BCUT2D eigenvalue weighted by Gasteiger charge is 2.53. The minimum absolute atomic E-state index is 0.0437. The fourth-order valence-corrected chi connectivity index (χ4v) is 6.08. The number of amides is 1. The van der Waals surface area contributed by atoms with Crippen LogP contribution in [0.25, 0.3) is 0 Å². The minimum atomic E-state index is -0.369. The van der Waals surface area contributed by atoms with Gasteiger partial charge in [-0.2, -0.15) is 0 Å². The number of carbonyl (C=O) groups is 1. The van der Waals surface area contributed by atoms with E-state index in [9.17, 15) is 9.90 Å². The summed E-state index contributed by atoms with van der Waals surface area (Å²) < 4.78 is 0. The maximum atomic E-state index is 12.5. The lowest BCUT2D eigenvalue weighted by atomic mass is 9.60. The number of hydrogen-bond donors (Lipinski definition) is 3. The van der Waals surface area contributed by atoms with Gasteiger partial charge in [0.1, 0.15) is 0 Å². The number of benzene rings is 1. The van der Waals surface area contributed by atoms with E-state index in [0.717, 1.165) is 12.8 Å². The Morgan fingerprint density at radius 2 is 2.08 bits per heavy atom. The number of allylic oxidation sites excluding steroid dienone is 1. The van der Waals surface area contributed by atoms with Crippen molar-refractivity contribution in [3.63, 3.8) is 0 Å². The van der Waals surface area contributed by atoms with Gasteiger partial charge in [0.15, 0.2) is 0 Å². The van der Waals surface area contributed by atoms with Gasteiger partial charge >= 0.3 is 0 Å². The summed E-state index contributed by atoms with van der Waals surface area (Å²) in [5.41, 5.74) is 8.05. The lowest BCUT2D eigenvalue weighted by Crippen LogP contribution is -2.62. The molecule has 1 saturated carbocycles. The molecule has 0 bridgehead atoms. The molecular weight excluding hydrogens is 332 g/mol. The molecule has 7 atom stereocenters. The molecule has 1 aromatic carbocycles. The second-order valence-corrected chi connectivity index (χ2v) is 8.71. The molecule has 25 heavy (non-hydrogen) atoms. The summed E-state index contributed by atoms with van der Waals surface area (Å²) in [5.74, 6) is 0.950. The van der Waals surface area contributed by atoms with Gasteiger partial charge in [0.25, 0.3) is 0 Å². The average Bonchev–Trinajstić information content (AvgIpc) is 3.08. The number of nitrogens with one attached hydrogen (secondary N) is 1. The van der Waals surface area contributed by atoms with E-state index in [-0.39, 0.29) is 47.0 Å². The predicted molar refractivity (Wildman–Crippen MR) is 101 cm³/mol. The summed E-state index contributed by atoms with van der Waals surface area (Å²) in [6.45, 7) is 2.79. The lowest BCUT2D eigenvalue weighted by Gasteiger charge is -2.51. The minimum Gasteiger partial charge on any atom is -0.392 e. The van der Waals surface area contributed by atoms with Gasteiger partial charge in [0.05, 0.1) is 11.4 Å². The third-order valence-electron chi connectivity index (χ3n) is 6.16. The van der Waals surface area contributed by atoms with Crippen LogP contribution in [0.4, 0.5) is 0 Å². The molecule has 1 saturated heterocycles. The summed E-state index contributed by atoms with van der Waals surface area (Å²) in [5, 5.41) is 16.2. The molecule has 2 heterocycles. The van der Waals surface area contributed by atoms with Crippen molar-refractivity contribution in [1.29, 1.82) is 0 Å². The first-order chi connectivity index (χ1) is 12.1. The Morgan fingerprint density at radius 1 is 1.32 bits per heavy atom. The van der Waals surface area contributed by atoms with Crippen LogP contribution in [0.1, 0.15) is 30.4 Å². The Morgan fingerprint density at radius 3 is 2.80 bits per heavy atom. The van der Waals surface area contributed by atoms with Crippen LogP contribution in [-0.4, -0.2) is 35.0 Å². The van der Waals surface area contributed by atoms with Crippen molar-refractivity contribution in [3.8, 4) is 0 Å². The van der Waals surface area contributed by atoms with E-state index >= 15 is 0 Å². The molecule has 1 aromatic rings.